The van der Waals surface area contributed by atoms with E-state index >= 15 is 0 Å². The van der Waals surface area contributed by atoms with Crippen molar-refractivity contribution in [1.82, 2.24) is 15.3 Å². The van der Waals surface area contributed by atoms with Gasteiger partial charge in [0.25, 0.3) is 0 Å². The lowest BCUT2D eigenvalue weighted by atomic mass is 10.2. The zero-order valence-corrected chi connectivity index (χ0v) is 11.8. The maximum Gasteiger partial charge on any atom is 0.0976 e. The number of thiazole rings is 1. The molecule has 4 heteroatoms. The van der Waals surface area contributed by atoms with Crippen molar-refractivity contribution in [2.24, 2.45) is 0 Å². The van der Waals surface area contributed by atoms with E-state index in [9.17, 15) is 0 Å². The van der Waals surface area contributed by atoms with Gasteiger partial charge in [-0.2, -0.15) is 0 Å². The summed E-state index contributed by atoms with van der Waals surface area (Å²) in [6.07, 6.45) is 6.82. The molecule has 0 unspecified atom stereocenters. The van der Waals surface area contributed by atoms with E-state index in [1.54, 1.807) is 6.20 Å². The van der Waals surface area contributed by atoms with Crippen molar-refractivity contribution in [3.63, 3.8) is 0 Å². The molecule has 0 aliphatic carbocycles. The van der Waals surface area contributed by atoms with Crippen LogP contribution < -0.4 is 5.32 Å². The Balaban J connectivity index is 2.15. The Morgan fingerprint density at radius 1 is 1.39 bits per heavy atom. The molecule has 2 heterocycles. The van der Waals surface area contributed by atoms with E-state index in [0.29, 0.717) is 0 Å². The molecule has 0 radical (unpaired) electrons. The van der Waals surface area contributed by atoms with Crippen LogP contribution in [-0.2, 0) is 19.4 Å². The van der Waals surface area contributed by atoms with Crippen LogP contribution in [0.15, 0.2) is 24.5 Å². The number of nitrogens with zero attached hydrogens (tertiary/aromatic N) is 2. The van der Waals surface area contributed by atoms with Crippen molar-refractivity contribution < 1.29 is 0 Å². The van der Waals surface area contributed by atoms with Crippen molar-refractivity contribution in [3.05, 3.63) is 45.7 Å². The molecule has 0 atom stereocenters. The SMILES string of the molecule is CCCc1nc(Cc2cccnc2)sc1CNC. The largest absolute Gasteiger partial charge is 0.315 e. The van der Waals surface area contributed by atoms with E-state index in [4.69, 9.17) is 4.98 Å². The molecule has 0 aliphatic heterocycles. The molecule has 0 bridgehead atoms. The van der Waals surface area contributed by atoms with Crippen LogP contribution in [0.3, 0.4) is 0 Å². The van der Waals surface area contributed by atoms with Gasteiger partial charge in [0.2, 0.25) is 0 Å². The summed E-state index contributed by atoms with van der Waals surface area (Å²) < 4.78 is 0. The standard InChI is InChI=1S/C14H19N3S/c1-3-5-12-13(10-15-2)18-14(17-12)8-11-6-4-7-16-9-11/h4,6-7,9,15H,3,5,8,10H2,1-2H3. The summed E-state index contributed by atoms with van der Waals surface area (Å²) in [6, 6.07) is 4.08. The molecule has 0 saturated heterocycles. The van der Waals surface area contributed by atoms with Gasteiger partial charge in [0, 0.05) is 30.2 Å². The highest BCUT2D eigenvalue weighted by atomic mass is 32.1. The topological polar surface area (TPSA) is 37.8 Å². The number of aromatic nitrogens is 2. The molecule has 0 saturated carbocycles. The summed E-state index contributed by atoms with van der Waals surface area (Å²) in [5.41, 5.74) is 2.49. The van der Waals surface area contributed by atoms with E-state index in [-0.39, 0.29) is 0 Å². The lowest BCUT2D eigenvalue weighted by molar-refractivity contribution is 0.796. The van der Waals surface area contributed by atoms with Gasteiger partial charge >= 0.3 is 0 Å². The van der Waals surface area contributed by atoms with Crippen molar-refractivity contribution in [3.8, 4) is 0 Å². The quantitative estimate of drug-likeness (QED) is 0.869. The first-order valence-corrected chi connectivity index (χ1v) is 7.16. The van der Waals surface area contributed by atoms with Gasteiger partial charge in [0.05, 0.1) is 10.7 Å². The van der Waals surface area contributed by atoms with Crippen LogP contribution in [0.4, 0.5) is 0 Å². The highest BCUT2D eigenvalue weighted by Gasteiger charge is 2.10. The van der Waals surface area contributed by atoms with Crippen molar-refractivity contribution in [2.45, 2.75) is 32.7 Å². The van der Waals surface area contributed by atoms with Crippen LogP contribution in [-0.4, -0.2) is 17.0 Å². The zero-order valence-electron chi connectivity index (χ0n) is 10.9. The van der Waals surface area contributed by atoms with Gasteiger partial charge < -0.3 is 5.32 Å². The van der Waals surface area contributed by atoms with Gasteiger partial charge in [-0.15, -0.1) is 11.3 Å². The van der Waals surface area contributed by atoms with Gasteiger partial charge in [-0.3, -0.25) is 4.98 Å². The Morgan fingerprint density at radius 2 is 2.28 bits per heavy atom. The normalized spacial score (nSPS) is 10.8. The van der Waals surface area contributed by atoms with Crippen LogP contribution >= 0.6 is 11.3 Å². The van der Waals surface area contributed by atoms with E-state index in [2.05, 4.69) is 23.3 Å². The van der Waals surface area contributed by atoms with Crippen molar-refractivity contribution in [2.75, 3.05) is 7.05 Å². The predicted molar refractivity (Wildman–Crippen MR) is 75.9 cm³/mol. The Morgan fingerprint density at radius 3 is 2.94 bits per heavy atom. The van der Waals surface area contributed by atoms with Crippen LogP contribution in [0, 0.1) is 0 Å². The molecule has 18 heavy (non-hydrogen) atoms. The second kappa shape index (κ2) is 6.61. The fourth-order valence-electron chi connectivity index (χ4n) is 1.92. The van der Waals surface area contributed by atoms with Crippen LogP contribution in [0.1, 0.15) is 34.5 Å². The minimum absolute atomic E-state index is 0.888. The van der Waals surface area contributed by atoms with E-state index in [1.165, 1.54) is 21.1 Å². The fraction of sp³-hybridized carbons (Fsp3) is 0.429. The number of aryl methyl sites for hydroxylation is 1. The molecular weight excluding hydrogens is 242 g/mol. The van der Waals surface area contributed by atoms with Crippen molar-refractivity contribution in [1.29, 1.82) is 0 Å². The second-order valence-corrected chi connectivity index (χ2v) is 5.46. The summed E-state index contributed by atoms with van der Waals surface area (Å²) in [7, 11) is 1.98. The summed E-state index contributed by atoms with van der Waals surface area (Å²) in [4.78, 5) is 10.3. The van der Waals surface area contributed by atoms with Crippen LogP contribution in [0.2, 0.25) is 0 Å². The Labute approximate surface area is 112 Å². The first-order chi connectivity index (χ1) is 8.83. The molecular formula is C14H19N3S. The molecule has 96 valence electrons. The molecule has 3 nitrogen and oxygen atoms in total. The Hall–Kier alpha value is -1.26. The molecule has 2 rings (SSSR count). The lowest BCUT2D eigenvalue weighted by Gasteiger charge is -1.98. The maximum atomic E-state index is 4.76. The van der Waals surface area contributed by atoms with Gasteiger partial charge in [0.15, 0.2) is 0 Å². The number of pyridine rings is 1. The molecule has 0 fully saturated rings. The minimum atomic E-state index is 0.888. The van der Waals surface area contributed by atoms with Crippen LogP contribution in [0.5, 0.6) is 0 Å². The summed E-state index contributed by atoms with van der Waals surface area (Å²) in [5.74, 6) is 0. The molecule has 0 spiro atoms. The minimum Gasteiger partial charge on any atom is -0.315 e. The highest BCUT2D eigenvalue weighted by Crippen LogP contribution is 2.22. The zero-order chi connectivity index (χ0) is 12.8. The lowest BCUT2D eigenvalue weighted by Crippen LogP contribution is -2.05. The first kappa shape index (κ1) is 13.2. The smallest absolute Gasteiger partial charge is 0.0976 e. The molecule has 0 aromatic carbocycles. The molecule has 1 N–H and O–H groups in total. The van der Waals surface area contributed by atoms with E-state index < -0.39 is 0 Å². The van der Waals surface area contributed by atoms with Gasteiger partial charge in [-0.1, -0.05) is 19.4 Å². The third-order valence-electron chi connectivity index (χ3n) is 2.72. The maximum absolute atomic E-state index is 4.76. The Bertz CT molecular complexity index is 456. The average Bonchev–Trinajstić information content (AvgIpc) is 2.74. The fourth-order valence-corrected chi connectivity index (χ4v) is 3.08. The van der Waals surface area contributed by atoms with E-state index in [0.717, 1.165) is 25.8 Å². The highest BCUT2D eigenvalue weighted by molar-refractivity contribution is 7.11. The molecule has 2 aromatic rings. The Kier molecular flexibility index (Phi) is 4.84. The number of nitrogens with one attached hydrogen (secondary N) is 1. The molecule has 0 amide bonds. The number of hydrogen-bond acceptors (Lipinski definition) is 4. The average molecular weight is 261 g/mol. The third-order valence-corrected chi connectivity index (χ3v) is 3.82. The second-order valence-electron chi connectivity index (χ2n) is 4.30. The molecule has 2 aromatic heterocycles. The van der Waals surface area contributed by atoms with Gasteiger partial charge in [0.1, 0.15) is 0 Å². The first-order valence-electron chi connectivity index (χ1n) is 6.34. The van der Waals surface area contributed by atoms with Gasteiger partial charge in [-0.25, -0.2) is 4.98 Å². The van der Waals surface area contributed by atoms with Gasteiger partial charge in [-0.05, 0) is 25.1 Å². The summed E-state index contributed by atoms with van der Waals surface area (Å²) in [5, 5.41) is 4.41. The number of hydrogen-bond donors (Lipinski definition) is 1. The monoisotopic (exact) mass is 261 g/mol. The third kappa shape index (κ3) is 3.37. The number of rotatable bonds is 6. The van der Waals surface area contributed by atoms with Crippen molar-refractivity contribution >= 4 is 11.3 Å². The predicted octanol–water partition coefficient (Wildman–Crippen LogP) is 2.80. The summed E-state index contributed by atoms with van der Waals surface area (Å²) in [6.45, 7) is 3.11. The van der Waals surface area contributed by atoms with E-state index in [1.807, 2.05) is 30.6 Å². The van der Waals surface area contributed by atoms with Crippen LogP contribution in [0.25, 0.3) is 0 Å². The summed E-state index contributed by atoms with van der Waals surface area (Å²) >= 11 is 1.82. The molecule has 0 aliphatic rings.